The fourth-order valence-corrected chi connectivity index (χ4v) is 13.4. The fourth-order valence-electron chi connectivity index (χ4n) is 11.9. The Morgan fingerprint density at radius 1 is 0.313 bits per heavy atom. The third kappa shape index (κ3) is 73.6. The molecule has 2 unspecified atom stereocenters. The molecule has 0 aromatic carbocycles. The first-order valence-electron chi connectivity index (χ1n) is 41.0. The zero-order valence-corrected chi connectivity index (χ0v) is 65.9. The van der Waals surface area contributed by atoms with Crippen LogP contribution in [0.25, 0.3) is 0 Å². The molecule has 0 fully saturated rings. The first kappa shape index (κ1) is 96.5. The van der Waals surface area contributed by atoms with Crippen LogP contribution in [-0.4, -0.2) is 96.7 Å². The van der Waals surface area contributed by atoms with Crippen LogP contribution in [0.1, 0.15) is 401 Å². The van der Waals surface area contributed by atoms with Crippen molar-refractivity contribution >= 4 is 39.5 Å². The van der Waals surface area contributed by atoms with Gasteiger partial charge in [-0.1, -0.05) is 348 Å². The number of phosphoric acid groups is 2. The Morgan fingerprint density at radius 2 is 0.545 bits per heavy atom. The van der Waals surface area contributed by atoms with Gasteiger partial charge >= 0.3 is 39.5 Å². The highest BCUT2D eigenvalue weighted by molar-refractivity contribution is 7.47. The number of aliphatic hydroxyl groups excluding tert-OH is 1. The lowest BCUT2D eigenvalue weighted by atomic mass is 10.0. The number of ether oxygens (including phenoxy) is 4. The van der Waals surface area contributed by atoms with Crippen LogP contribution in [0.4, 0.5) is 0 Å². The number of carbonyl (C=O) groups excluding carboxylic acids is 4. The van der Waals surface area contributed by atoms with Crippen molar-refractivity contribution in [2.75, 3.05) is 39.6 Å². The molecule has 5 atom stereocenters. The van der Waals surface area contributed by atoms with E-state index in [9.17, 15) is 43.2 Å². The summed E-state index contributed by atoms with van der Waals surface area (Å²) in [6.07, 6.45) is 66.0. The minimum absolute atomic E-state index is 0.102. The van der Waals surface area contributed by atoms with E-state index in [0.717, 1.165) is 115 Å². The summed E-state index contributed by atoms with van der Waals surface area (Å²) in [7, 11) is -9.93. The third-order valence-electron chi connectivity index (χ3n) is 18.2. The molecular weight excluding hydrogens is 1290 g/mol. The van der Waals surface area contributed by atoms with Gasteiger partial charge in [0, 0.05) is 25.7 Å². The van der Waals surface area contributed by atoms with Crippen molar-refractivity contribution in [3.63, 3.8) is 0 Å². The minimum Gasteiger partial charge on any atom is -0.462 e. The Hall–Kier alpha value is -2.46. The lowest BCUT2D eigenvalue weighted by Crippen LogP contribution is -2.30. The smallest absolute Gasteiger partial charge is 0.462 e. The first-order chi connectivity index (χ1) is 48.0. The van der Waals surface area contributed by atoms with Gasteiger partial charge in [0.2, 0.25) is 0 Å². The highest BCUT2D eigenvalue weighted by Crippen LogP contribution is 2.45. The van der Waals surface area contributed by atoms with Crippen LogP contribution in [0, 0.1) is 5.92 Å². The predicted molar refractivity (Wildman–Crippen MR) is 404 cm³/mol. The molecule has 0 aliphatic carbocycles. The molecule has 0 saturated carbocycles. The summed E-state index contributed by atoms with van der Waals surface area (Å²) >= 11 is 0. The second-order valence-electron chi connectivity index (χ2n) is 28.6. The average molecular weight is 1450 g/mol. The van der Waals surface area contributed by atoms with Crippen molar-refractivity contribution in [1.29, 1.82) is 0 Å². The lowest BCUT2D eigenvalue weighted by Gasteiger charge is -2.21. The van der Waals surface area contributed by atoms with Crippen LogP contribution in [0.15, 0.2) is 24.3 Å². The van der Waals surface area contributed by atoms with Crippen LogP contribution >= 0.6 is 15.6 Å². The van der Waals surface area contributed by atoms with Gasteiger partial charge in [0.1, 0.15) is 19.3 Å². The van der Waals surface area contributed by atoms with Gasteiger partial charge in [0.15, 0.2) is 12.2 Å². The Balaban J connectivity index is 5.27. The van der Waals surface area contributed by atoms with Crippen molar-refractivity contribution in [2.45, 2.75) is 419 Å². The summed E-state index contributed by atoms with van der Waals surface area (Å²) in [5, 5.41) is 10.6. The number of phosphoric ester groups is 2. The number of carbonyl (C=O) groups is 4. The zero-order valence-electron chi connectivity index (χ0n) is 64.1. The zero-order chi connectivity index (χ0) is 72.7. The molecule has 3 N–H and O–H groups in total. The van der Waals surface area contributed by atoms with E-state index >= 15 is 0 Å². The van der Waals surface area contributed by atoms with E-state index in [0.29, 0.717) is 25.7 Å². The molecule has 0 amide bonds. The molecule has 584 valence electrons. The van der Waals surface area contributed by atoms with Gasteiger partial charge in [-0.05, 0) is 57.3 Å². The van der Waals surface area contributed by atoms with Crippen molar-refractivity contribution < 1.29 is 80.2 Å². The van der Waals surface area contributed by atoms with Crippen LogP contribution in [0.2, 0.25) is 0 Å². The van der Waals surface area contributed by atoms with Crippen LogP contribution in [0.5, 0.6) is 0 Å². The van der Waals surface area contributed by atoms with Crippen LogP contribution in [-0.2, 0) is 65.4 Å². The molecule has 17 nitrogen and oxygen atoms in total. The van der Waals surface area contributed by atoms with E-state index in [1.807, 2.05) is 0 Å². The molecule has 0 aliphatic heterocycles. The highest BCUT2D eigenvalue weighted by Gasteiger charge is 2.30. The molecule has 0 heterocycles. The molecule has 0 bridgehead atoms. The molecule has 19 heteroatoms. The maximum absolute atomic E-state index is 13.1. The molecule has 0 rings (SSSR count). The molecule has 0 spiro atoms. The normalized spacial score (nSPS) is 14.0. The van der Waals surface area contributed by atoms with Gasteiger partial charge in [-0.15, -0.1) is 0 Å². The van der Waals surface area contributed by atoms with Gasteiger partial charge in [0.05, 0.1) is 26.4 Å². The van der Waals surface area contributed by atoms with Crippen molar-refractivity contribution in [3.05, 3.63) is 24.3 Å². The molecule has 0 radical (unpaired) electrons. The van der Waals surface area contributed by atoms with E-state index in [1.165, 1.54) is 205 Å². The van der Waals surface area contributed by atoms with Gasteiger partial charge in [-0.3, -0.25) is 37.3 Å². The number of unbranched alkanes of at least 4 members (excludes halogenated alkanes) is 47. The number of hydrogen-bond acceptors (Lipinski definition) is 15. The lowest BCUT2D eigenvalue weighted by molar-refractivity contribution is -0.161. The summed E-state index contributed by atoms with van der Waals surface area (Å²) in [6, 6.07) is 0. The van der Waals surface area contributed by atoms with Crippen LogP contribution in [0.3, 0.4) is 0 Å². The third-order valence-corrected chi connectivity index (χ3v) is 20.1. The second kappa shape index (κ2) is 72.5. The summed E-state index contributed by atoms with van der Waals surface area (Å²) in [5.41, 5.74) is 0. The number of rotatable bonds is 78. The Bertz CT molecular complexity index is 1990. The molecule has 0 aliphatic rings. The number of hydrogen-bond donors (Lipinski definition) is 3. The molecule has 99 heavy (non-hydrogen) atoms. The number of esters is 4. The fraction of sp³-hybridized carbons (Fsp3) is 0.900. The quantitative estimate of drug-likeness (QED) is 0.0169. The topological polar surface area (TPSA) is 237 Å². The largest absolute Gasteiger partial charge is 0.472 e. The van der Waals surface area contributed by atoms with Crippen molar-refractivity contribution in [1.82, 2.24) is 0 Å². The van der Waals surface area contributed by atoms with Crippen molar-refractivity contribution in [2.24, 2.45) is 5.92 Å². The number of allylic oxidation sites excluding steroid dienone is 4. The summed E-state index contributed by atoms with van der Waals surface area (Å²) in [6.45, 7) is 7.23. The standard InChI is InChI=1S/C80H152O17P2/c1-6-9-12-15-18-21-24-27-29-30-31-32-33-35-37-40-45-50-55-60-65-79(84)96-75(69-91-78(83)64-59-54-49-44-39-36-34-28-25-22-19-16-13-10-7-2)71-94-98(86,87)92-67-74(81)68-93-99(88,89)95-72-76(97-80(85)66-61-56-51-46-41-42-47-52-57-62-73(4)5)70-90-77(82)63-58-53-48-43-38-26-23-20-17-14-11-8-3/h22,25,28,34,73-76,81H,6-21,23-24,26-27,29-33,35-72H2,1-5H3,(H,86,87)(H,88,89)/b25-22-,34-28-/t74-,75-,76-/m1/s1. The molecule has 0 aromatic rings. The van der Waals surface area contributed by atoms with E-state index in [2.05, 4.69) is 58.9 Å². The maximum atomic E-state index is 13.1. The van der Waals surface area contributed by atoms with E-state index in [4.69, 9.17) is 37.0 Å². The van der Waals surface area contributed by atoms with Gasteiger partial charge in [-0.2, -0.15) is 0 Å². The van der Waals surface area contributed by atoms with E-state index < -0.39 is 97.5 Å². The molecule has 0 saturated heterocycles. The number of aliphatic hydroxyl groups is 1. The van der Waals surface area contributed by atoms with E-state index in [1.54, 1.807) is 0 Å². The Labute approximate surface area is 605 Å². The average Bonchev–Trinajstić information content (AvgIpc) is 1.10. The molecule has 0 aromatic heterocycles. The summed E-state index contributed by atoms with van der Waals surface area (Å²) in [5.74, 6) is -1.40. The SMILES string of the molecule is CCCCCC/C=C\C=C/CCCCCCCC(=O)OC[C@H](COP(=O)(O)OC[C@@H](O)COP(=O)(O)OC[C@@H](COC(=O)CCCCCCCCCCCCCC)OC(=O)CCCCCCCCCCCC(C)C)OC(=O)CCCCCCCCCCCCCCCCCCCCCC. The van der Waals surface area contributed by atoms with Gasteiger partial charge in [0.25, 0.3) is 0 Å². The van der Waals surface area contributed by atoms with Crippen molar-refractivity contribution in [3.8, 4) is 0 Å². The monoisotopic (exact) mass is 1450 g/mol. The predicted octanol–water partition coefficient (Wildman–Crippen LogP) is 23.6. The van der Waals surface area contributed by atoms with Crippen LogP contribution < -0.4 is 0 Å². The Kier molecular flexibility index (Phi) is 70.7. The summed E-state index contributed by atoms with van der Waals surface area (Å²) < 4.78 is 68.6. The van der Waals surface area contributed by atoms with E-state index in [-0.39, 0.29) is 25.7 Å². The summed E-state index contributed by atoms with van der Waals surface area (Å²) in [4.78, 5) is 72.9. The Morgan fingerprint density at radius 3 is 0.828 bits per heavy atom. The maximum Gasteiger partial charge on any atom is 0.472 e. The first-order valence-corrected chi connectivity index (χ1v) is 43.9. The second-order valence-corrected chi connectivity index (χ2v) is 31.5. The highest BCUT2D eigenvalue weighted by atomic mass is 31.2. The molecular formula is C80H152O17P2. The van der Waals surface area contributed by atoms with Gasteiger partial charge in [-0.25, -0.2) is 9.13 Å². The van der Waals surface area contributed by atoms with Gasteiger partial charge < -0.3 is 33.8 Å². The minimum atomic E-state index is -4.97.